The standard InChI is InChI=1S/C23H22ClF3N4O/c1-3-31(22(32)16-8-17(23(25,26)27)11-18(28)9-16)20-6-4-5-15(10-20)14(2)7-19-12-29-13-21(24)30-19/h4-6,8-14H,3,7,28H2,1-2H3/t14-/m1/s1. The molecule has 168 valence electrons. The summed E-state index contributed by atoms with van der Waals surface area (Å²) in [4.78, 5) is 22.8. The molecule has 0 bridgehead atoms. The topological polar surface area (TPSA) is 72.1 Å². The second kappa shape index (κ2) is 9.56. The fourth-order valence-corrected chi connectivity index (χ4v) is 3.61. The first-order valence-electron chi connectivity index (χ1n) is 9.94. The van der Waals surface area contributed by atoms with Crippen molar-refractivity contribution in [3.05, 3.63) is 82.4 Å². The maximum Gasteiger partial charge on any atom is 0.416 e. The number of alkyl halides is 3. The molecule has 0 saturated carbocycles. The van der Waals surface area contributed by atoms with Gasteiger partial charge in [-0.25, -0.2) is 4.98 Å². The molecular formula is C23H22ClF3N4O. The van der Waals surface area contributed by atoms with Crippen molar-refractivity contribution in [2.45, 2.75) is 32.4 Å². The minimum Gasteiger partial charge on any atom is -0.399 e. The lowest BCUT2D eigenvalue weighted by Gasteiger charge is -2.23. The average molecular weight is 463 g/mol. The lowest BCUT2D eigenvalue weighted by molar-refractivity contribution is -0.137. The van der Waals surface area contributed by atoms with Crippen LogP contribution in [0.1, 0.15) is 46.9 Å². The van der Waals surface area contributed by atoms with E-state index < -0.39 is 17.6 Å². The van der Waals surface area contributed by atoms with Crippen LogP contribution in [0.15, 0.2) is 54.9 Å². The van der Waals surface area contributed by atoms with E-state index in [2.05, 4.69) is 9.97 Å². The maximum absolute atomic E-state index is 13.2. The van der Waals surface area contributed by atoms with Gasteiger partial charge in [0.25, 0.3) is 5.91 Å². The summed E-state index contributed by atoms with van der Waals surface area (Å²) in [7, 11) is 0. The van der Waals surface area contributed by atoms with Crippen molar-refractivity contribution in [3.63, 3.8) is 0 Å². The molecule has 3 rings (SSSR count). The van der Waals surface area contributed by atoms with E-state index in [-0.39, 0.29) is 23.7 Å². The van der Waals surface area contributed by atoms with E-state index in [1.165, 1.54) is 17.2 Å². The molecule has 1 atom stereocenters. The Balaban J connectivity index is 1.88. The van der Waals surface area contributed by atoms with Crippen LogP contribution in [0.5, 0.6) is 0 Å². The third-order valence-corrected chi connectivity index (χ3v) is 5.19. The normalized spacial score (nSPS) is 12.4. The van der Waals surface area contributed by atoms with E-state index in [9.17, 15) is 18.0 Å². The highest BCUT2D eigenvalue weighted by atomic mass is 35.5. The van der Waals surface area contributed by atoms with Crippen LogP contribution >= 0.6 is 11.6 Å². The molecule has 1 aromatic heterocycles. The first kappa shape index (κ1) is 23.5. The molecule has 0 aliphatic carbocycles. The molecule has 1 heterocycles. The van der Waals surface area contributed by atoms with Crippen LogP contribution in [0.25, 0.3) is 0 Å². The Morgan fingerprint density at radius 3 is 2.59 bits per heavy atom. The molecule has 5 nitrogen and oxygen atoms in total. The molecule has 0 unspecified atom stereocenters. The van der Waals surface area contributed by atoms with Crippen molar-refractivity contribution in [3.8, 4) is 0 Å². The van der Waals surface area contributed by atoms with Gasteiger partial charge in [0.1, 0.15) is 5.15 Å². The van der Waals surface area contributed by atoms with E-state index in [1.54, 1.807) is 25.3 Å². The Morgan fingerprint density at radius 2 is 1.94 bits per heavy atom. The number of hydrogen-bond acceptors (Lipinski definition) is 4. The average Bonchev–Trinajstić information content (AvgIpc) is 2.73. The molecule has 0 fully saturated rings. The highest BCUT2D eigenvalue weighted by Crippen LogP contribution is 2.32. The van der Waals surface area contributed by atoms with Crippen molar-refractivity contribution >= 4 is 28.9 Å². The molecule has 0 radical (unpaired) electrons. The Labute approximate surface area is 189 Å². The van der Waals surface area contributed by atoms with E-state index in [1.807, 2.05) is 19.1 Å². The number of nitrogens with two attached hydrogens (primary N) is 1. The van der Waals surface area contributed by atoms with Crippen molar-refractivity contribution < 1.29 is 18.0 Å². The van der Waals surface area contributed by atoms with E-state index >= 15 is 0 Å². The fourth-order valence-electron chi connectivity index (χ4n) is 3.45. The van der Waals surface area contributed by atoms with Gasteiger partial charge in [0.2, 0.25) is 0 Å². The summed E-state index contributed by atoms with van der Waals surface area (Å²) >= 11 is 5.91. The molecule has 2 aromatic carbocycles. The van der Waals surface area contributed by atoms with Crippen molar-refractivity contribution in [1.82, 2.24) is 9.97 Å². The molecule has 9 heteroatoms. The third-order valence-electron chi connectivity index (χ3n) is 5.01. The van der Waals surface area contributed by atoms with Gasteiger partial charge < -0.3 is 10.6 Å². The van der Waals surface area contributed by atoms with Gasteiger partial charge >= 0.3 is 6.18 Å². The summed E-state index contributed by atoms with van der Waals surface area (Å²) in [5.41, 5.74) is 6.69. The third kappa shape index (κ3) is 5.56. The van der Waals surface area contributed by atoms with E-state index in [4.69, 9.17) is 17.3 Å². The number of amides is 1. The molecule has 0 spiro atoms. The number of anilines is 2. The summed E-state index contributed by atoms with van der Waals surface area (Å²) in [6.45, 7) is 4.03. The first-order valence-corrected chi connectivity index (χ1v) is 10.3. The molecule has 2 N–H and O–H groups in total. The van der Waals surface area contributed by atoms with Crippen molar-refractivity contribution in [1.29, 1.82) is 0 Å². The largest absolute Gasteiger partial charge is 0.416 e. The SMILES string of the molecule is CCN(C(=O)c1cc(N)cc(C(F)(F)F)c1)c1cccc([C@H](C)Cc2cncc(Cl)n2)c1. The monoisotopic (exact) mass is 462 g/mol. The van der Waals surface area contributed by atoms with E-state index in [0.717, 1.165) is 23.4 Å². The number of nitrogens with zero attached hydrogens (tertiary/aromatic N) is 3. The zero-order valence-electron chi connectivity index (χ0n) is 17.5. The number of hydrogen-bond donors (Lipinski definition) is 1. The number of rotatable bonds is 6. The van der Waals surface area contributed by atoms with Gasteiger partial charge in [-0.15, -0.1) is 0 Å². The Bertz CT molecular complexity index is 1120. The molecule has 0 aliphatic rings. The van der Waals surface area contributed by atoms with Gasteiger partial charge in [-0.2, -0.15) is 13.2 Å². The number of nitrogen functional groups attached to an aromatic ring is 1. The minimum atomic E-state index is -4.60. The van der Waals surface area contributed by atoms with Crippen molar-refractivity contribution in [2.75, 3.05) is 17.2 Å². The Hall–Kier alpha value is -3.13. The molecule has 0 aliphatic heterocycles. The highest BCUT2D eigenvalue weighted by Gasteiger charge is 2.32. The van der Waals surface area contributed by atoms with Crippen LogP contribution in [0.3, 0.4) is 0 Å². The molecule has 0 saturated heterocycles. The summed E-state index contributed by atoms with van der Waals surface area (Å²) in [5, 5.41) is 0.312. The second-order valence-corrected chi connectivity index (χ2v) is 7.81. The predicted octanol–water partition coefficient (Wildman–Crippen LogP) is 5.74. The lowest BCUT2D eigenvalue weighted by atomic mass is 9.95. The molecular weight excluding hydrogens is 441 g/mol. The summed E-state index contributed by atoms with van der Waals surface area (Å²) in [6.07, 6.45) is -0.908. The fraction of sp³-hybridized carbons (Fsp3) is 0.261. The Kier molecular flexibility index (Phi) is 7.03. The number of carbonyl (C=O) groups excluding carboxylic acids is 1. The number of halogens is 4. The van der Waals surface area contributed by atoms with Crippen LogP contribution in [0, 0.1) is 0 Å². The summed E-state index contributed by atoms with van der Waals surface area (Å²) in [6, 6.07) is 10.2. The minimum absolute atomic E-state index is 0.0423. The van der Waals surface area contributed by atoms with Gasteiger partial charge in [-0.1, -0.05) is 30.7 Å². The number of benzene rings is 2. The quantitative estimate of drug-likeness (QED) is 0.474. The van der Waals surface area contributed by atoms with Gasteiger partial charge in [-0.3, -0.25) is 9.78 Å². The predicted molar refractivity (Wildman–Crippen MR) is 119 cm³/mol. The van der Waals surface area contributed by atoms with Crippen LogP contribution in [0.2, 0.25) is 5.15 Å². The zero-order valence-corrected chi connectivity index (χ0v) is 18.3. The van der Waals surface area contributed by atoms with Crippen molar-refractivity contribution in [2.24, 2.45) is 0 Å². The zero-order chi connectivity index (χ0) is 23.5. The molecule has 3 aromatic rings. The summed E-state index contributed by atoms with van der Waals surface area (Å²) < 4.78 is 39.5. The maximum atomic E-state index is 13.2. The van der Waals surface area contributed by atoms with Crippen LogP contribution < -0.4 is 10.6 Å². The number of aromatic nitrogens is 2. The first-order chi connectivity index (χ1) is 15.1. The summed E-state index contributed by atoms with van der Waals surface area (Å²) in [5.74, 6) is -0.517. The second-order valence-electron chi connectivity index (χ2n) is 7.42. The molecule has 32 heavy (non-hydrogen) atoms. The van der Waals surface area contributed by atoms with Crippen LogP contribution in [-0.2, 0) is 12.6 Å². The van der Waals surface area contributed by atoms with Gasteiger partial charge in [0, 0.05) is 29.7 Å². The number of carbonyl (C=O) groups is 1. The molecule has 1 amide bonds. The van der Waals surface area contributed by atoms with Gasteiger partial charge in [-0.05, 0) is 55.2 Å². The van der Waals surface area contributed by atoms with E-state index in [0.29, 0.717) is 17.3 Å². The van der Waals surface area contributed by atoms with Crippen LogP contribution in [0.4, 0.5) is 24.5 Å². The van der Waals surface area contributed by atoms with Crippen LogP contribution in [-0.4, -0.2) is 22.4 Å². The smallest absolute Gasteiger partial charge is 0.399 e. The van der Waals surface area contributed by atoms with Gasteiger partial charge in [0.15, 0.2) is 0 Å². The Morgan fingerprint density at radius 1 is 1.19 bits per heavy atom. The lowest BCUT2D eigenvalue weighted by Crippen LogP contribution is -2.31. The van der Waals surface area contributed by atoms with Gasteiger partial charge in [0.05, 0.1) is 17.5 Å². The highest BCUT2D eigenvalue weighted by molar-refractivity contribution is 6.29.